The van der Waals surface area contributed by atoms with Crippen LogP contribution in [-0.4, -0.2) is 25.0 Å². The maximum atomic E-state index is 13.0. The molecule has 0 aliphatic carbocycles. The topological polar surface area (TPSA) is 56.5 Å². The van der Waals surface area contributed by atoms with E-state index in [0.29, 0.717) is 23.2 Å². The first-order chi connectivity index (χ1) is 12.6. The van der Waals surface area contributed by atoms with Crippen molar-refractivity contribution < 1.29 is 19.0 Å². The fourth-order valence-corrected chi connectivity index (χ4v) is 2.23. The average Bonchev–Trinajstić information content (AvgIpc) is 2.66. The van der Waals surface area contributed by atoms with Crippen LogP contribution in [-0.2, 0) is 6.61 Å². The molecule has 0 aliphatic rings. The Balaban J connectivity index is 2.09. The highest BCUT2D eigenvalue weighted by Gasteiger charge is 2.11. The number of hydrazine groups is 1. The summed E-state index contributed by atoms with van der Waals surface area (Å²) in [6, 6.07) is 11.7. The Labute approximate surface area is 157 Å². The van der Waals surface area contributed by atoms with Gasteiger partial charge in [-0.2, -0.15) is 0 Å². The molecule has 5 nitrogen and oxygen atoms in total. The lowest BCUT2D eigenvalue weighted by atomic mass is 10.2. The van der Waals surface area contributed by atoms with E-state index < -0.39 is 0 Å². The molecule has 136 valence electrons. The van der Waals surface area contributed by atoms with Crippen LogP contribution in [0.4, 0.5) is 4.39 Å². The third-order valence-electron chi connectivity index (χ3n) is 3.35. The highest BCUT2D eigenvalue weighted by Crippen LogP contribution is 2.30. The minimum atomic E-state index is -0.281. The highest BCUT2D eigenvalue weighted by molar-refractivity contribution is 7.80. The van der Waals surface area contributed by atoms with E-state index in [0.717, 1.165) is 11.1 Å². The molecule has 0 aliphatic heterocycles. The van der Waals surface area contributed by atoms with Gasteiger partial charge in [-0.1, -0.05) is 24.3 Å². The summed E-state index contributed by atoms with van der Waals surface area (Å²) in [6.45, 7) is 4.47. The molecule has 0 saturated heterocycles. The fourth-order valence-electron chi connectivity index (χ4n) is 2.09. The van der Waals surface area contributed by atoms with Gasteiger partial charge in [0.1, 0.15) is 12.4 Å². The summed E-state index contributed by atoms with van der Waals surface area (Å²) in [5, 5.41) is 6.29. The Kier molecular flexibility index (Phi) is 7.57. The van der Waals surface area contributed by atoms with E-state index in [9.17, 15) is 4.39 Å². The molecule has 0 aromatic heterocycles. The molecule has 2 aromatic rings. The van der Waals surface area contributed by atoms with Crippen LogP contribution in [0.1, 0.15) is 11.1 Å². The Morgan fingerprint density at radius 3 is 2.73 bits per heavy atom. The molecule has 0 unspecified atom stereocenters. The summed E-state index contributed by atoms with van der Waals surface area (Å²) in [7, 11) is 1.57. The monoisotopic (exact) mass is 374 g/mol. The van der Waals surface area contributed by atoms with E-state index in [2.05, 4.69) is 22.4 Å². The first-order valence-electron chi connectivity index (χ1n) is 7.91. The number of methoxy groups -OCH3 is 1. The first-order valence-corrected chi connectivity index (χ1v) is 8.32. The number of benzene rings is 2. The second-order valence-electron chi connectivity index (χ2n) is 5.21. The van der Waals surface area contributed by atoms with Crippen molar-refractivity contribution in [2.45, 2.75) is 6.61 Å². The summed E-state index contributed by atoms with van der Waals surface area (Å²) in [6.07, 6.45) is 3.42. The second-order valence-corrected chi connectivity index (χ2v) is 5.61. The maximum Gasteiger partial charge on any atom is 0.224 e. The van der Waals surface area contributed by atoms with Gasteiger partial charge in [-0.05, 0) is 42.0 Å². The molecule has 0 atom stereocenters. The zero-order chi connectivity index (χ0) is 18.8. The van der Waals surface area contributed by atoms with Crippen molar-refractivity contribution >= 4 is 23.5 Å². The molecule has 3 N–H and O–H groups in total. The van der Waals surface area contributed by atoms with Crippen molar-refractivity contribution in [3.05, 3.63) is 72.1 Å². The molecule has 0 amide bonds. The molecule has 0 radical (unpaired) electrons. The fraction of sp³-hybridized carbons (Fsp3) is 0.158. The lowest BCUT2D eigenvalue weighted by molar-refractivity contribution is -0.500. The van der Waals surface area contributed by atoms with Crippen molar-refractivity contribution in [1.82, 2.24) is 10.7 Å². The van der Waals surface area contributed by atoms with E-state index in [4.69, 9.17) is 21.7 Å². The van der Waals surface area contributed by atoms with Crippen molar-refractivity contribution in [2.75, 3.05) is 13.7 Å². The van der Waals surface area contributed by atoms with E-state index in [1.165, 1.54) is 12.1 Å². The number of thiocarbonyl (C=S) groups is 1. The molecule has 2 rings (SSSR count). The predicted molar refractivity (Wildman–Crippen MR) is 104 cm³/mol. The summed E-state index contributed by atoms with van der Waals surface area (Å²) in [5.41, 5.74) is 4.46. The van der Waals surface area contributed by atoms with Gasteiger partial charge < -0.3 is 14.8 Å². The van der Waals surface area contributed by atoms with Crippen LogP contribution >= 0.6 is 12.2 Å². The lowest BCUT2D eigenvalue weighted by Gasteiger charge is -2.12. The largest absolute Gasteiger partial charge is 0.493 e. The molecular weight excluding hydrogens is 353 g/mol. The van der Waals surface area contributed by atoms with Crippen LogP contribution in [0.2, 0.25) is 0 Å². The highest BCUT2D eigenvalue weighted by atomic mass is 32.1. The van der Waals surface area contributed by atoms with Crippen LogP contribution < -0.4 is 25.3 Å². The molecule has 7 heteroatoms. The van der Waals surface area contributed by atoms with Crippen LogP contribution in [0.15, 0.2) is 55.1 Å². The van der Waals surface area contributed by atoms with Crippen molar-refractivity contribution in [2.24, 2.45) is 0 Å². The summed E-state index contributed by atoms with van der Waals surface area (Å²) in [4.78, 5) is 0. The van der Waals surface area contributed by atoms with Crippen LogP contribution in [0.3, 0.4) is 0 Å². The van der Waals surface area contributed by atoms with E-state index in [1.54, 1.807) is 37.6 Å². The van der Waals surface area contributed by atoms with Gasteiger partial charge >= 0.3 is 0 Å². The molecule has 0 fully saturated rings. The third kappa shape index (κ3) is 5.86. The number of para-hydroxylation sites is 1. The Morgan fingerprint density at radius 1 is 1.27 bits per heavy atom. The van der Waals surface area contributed by atoms with Gasteiger partial charge in [0.2, 0.25) is 11.3 Å². The molecule has 0 saturated carbocycles. The van der Waals surface area contributed by atoms with Gasteiger partial charge in [0.25, 0.3) is 0 Å². The summed E-state index contributed by atoms with van der Waals surface area (Å²) >= 11 is 5.10. The average molecular weight is 374 g/mol. The lowest BCUT2D eigenvalue weighted by Crippen LogP contribution is -2.82. The van der Waals surface area contributed by atoms with E-state index in [-0.39, 0.29) is 12.4 Å². The van der Waals surface area contributed by atoms with Crippen LogP contribution in [0.5, 0.6) is 11.5 Å². The zero-order valence-corrected chi connectivity index (χ0v) is 15.2. The minimum Gasteiger partial charge on any atom is -0.493 e. The maximum absolute atomic E-state index is 13.0. The summed E-state index contributed by atoms with van der Waals surface area (Å²) in [5.74, 6) is 0.880. The Hall–Kier alpha value is -2.93. The molecule has 26 heavy (non-hydrogen) atoms. The smallest absolute Gasteiger partial charge is 0.224 e. The van der Waals surface area contributed by atoms with E-state index in [1.807, 2.05) is 12.1 Å². The van der Waals surface area contributed by atoms with Crippen molar-refractivity contribution in [1.29, 1.82) is 0 Å². The Bertz CT molecular complexity index is 779. The number of hydrazone groups is 1. The predicted octanol–water partition coefficient (Wildman–Crippen LogP) is 1.48. The summed E-state index contributed by atoms with van der Waals surface area (Å²) < 4.78 is 24.3. The third-order valence-corrected chi connectivity index (χ3v) is 3.59. The van der Waals surface area contributed by atoms with Gasteiger partial charge in [0.05, 0.1) is 12.7 Å². The van der Waals surface area contributed by atoms with Gasteiger partial charge in [-0.25, -0.2) is 4.39 Å². The molecule has 2 aromatic carbocycles. The van der Waals surface area contributed by atoms with E-state index >= 15 is 0 Å². The van der Waals surface area contributed by atoms with Crippen molar-refractivity contribution in [3.8, 4) is 11.5 Å². The number of ether oxygens (including phenoxy) is 2. The molecule has 0 spiro atoms. The number of halogens is 1. The van der Waals surface area contributed by atoms with Crippen molar-refractivity contribution in [3.63, 3.8) is 0 Å². The minimum absolute atomic E-state index is 0.281. The Morgan fingerprint density at radius 2 is 2.04 bits per heavy atom. The second kappa shape index (κ2) is 10.1. The number of rotatable bonds is 8. The van der Waals surface area contributed by atoms with Crippen LogP contribution in [0, 0.1) is 5.82 Å². The quantitative estimate of drug-likeness (QED) is 0.283. The standard InChI is InChI=1S/C19H20FN3O2S/c1-3-11-21-19(26)23-22-12-15-5-4-6-17(24-2)18(15)25-13-14-7-9-16(20)10-8-14/h3-10,12H,1,11,13H2,2H3,(H2,21,23,26)/p+1. The normalized spacial score (nSPS) is 10.4. The number of nitrogens with one attached hydrogen (secondary N) is 3. The molecular formula is C19H21FN3O2S+. The number of hydrogen-bond donors (Lipinski definition) is 3. The zero-order valence-electron chi connectivity index (χ0n) is 14.4. The van der Waals surface area contributed by atoms with Crippen LogP contribution in [0.25, 0.3) is 0 Å². The molecule has 0 bridgehead atoms. The molecule has 0 heterocycles. The van der Waals surface area contributed by atoms with Gasteiger partial charge in [0, 0.05) is 6.54 Å². The van der Waals surface area contributed by atoms with Gasteiger partial charge in [0.15, 0.2) is 11.5 Å². The SMILES string of the molecule is C=CCNC(=S)N[NH+]=Cc1cccc(OC)c1OCc1ccc(F)cc1. The number of hydrogen-bond acceptors (Lipinski definition) is 3. The van der Waals surface area contributed by atoms with Gasteiger partial charge in [-0.3, -0.25) is 0 Å². The van der Waals surface area contributed by atoms with Gasteiger partial charge in [-0.15, -0.1) is 17.1 Å². The first kappa shape index (κ1) is 19.4.